The van der Waals surface area contributed by atoms with Crippen molar-refractivity contribution in [1.29, 1.82) is 0 Å². The van der Waals surface area contributed by atoms with Gasteiger partial charge < -0.3 is 25.0 Å². The van der Waals surface area contributed by atoms with Crippen molar-refractivity contribution in [2.75, 3.05) is 43.1 Å². The van der Waals surface area contributed by atoms with Crippen LogP contribution in [0.15, 0.2) is 36.5 Å². The molecule has 41 heavy (non-hydrogen) atoms. The molecule has 2 saturated heterocycles. The highest BCUT2D eigenvalue weighted by atomic mass is 19.1. The predicted octanol–water partition coefficient (Wildman–Crippen LogP) is 5.66. The van der Waals surface area contributed by atoms with Gasteiger partial charge in [0.25, 0.3) is 5.91 Å². The summed E-state index contributed by atoms with van der Waals surface area (Å²) in [6.45, 7) is 12.6. The SMILES string of the molecule is CC.CC.CC(Nc1cc(F)cc(F)c1)c1cc(C(=O)N2CCCC2C(=O)O)cc2ncc(N3CCOCC3)nc12. The van der Waals surface area contributed by atoms with E-state index in [1.165, 1.54) is 17.0 Å². The summed E-state index contributed by atoms with van der Waals surface area (Å²) in [5.41, 5.74) is 2.11. The van der Waals surface area contributed by atoms with E-state index in [2.05, 4.69) is 15.2 Å². The van der Waals surface area contributed by atoms with Gasteiger partial charge in [0, 0.05) is 42.5 Å². The van der Waals surface area contributed by atoms with E-state index in [-0.39, 0.29) is 11.3 Å². The number of likely N-dealkylation sites (tertiary alicyclic amines) is 1. The van der Waals surface area contributed by atoms with Crippen LogP contribution in [0.2, 0.25) is 0 Å². The van der Waals surface area contributed by atoms with Crippen LogP contribution in [0.3, 0.4) is 0 Å². The van der Waals surface area contributed by atoms with Gasteiger partial charge in [-0.15, -0.1) is 0 Å². The second-order valence-corrected chi connectivity index (χ2v) is 9.28. The van der Waals surface area contributed by atoms with E-state index >= 15 is 0 Å². The molecule has 11 heteroatoms. The molecule has 1 amide bonds. The number of rotatable bonds is 6. The van der Waals surface area contributed by atoms with Crippen molar-refractivity contribution in [1.82, 2.24) is 14.9 Å². The Labute approximate surface area is 239 Å². The monoisotopic (exact) mass is 571 g/mol. The lowest BCUT2D eigenvalue weighted by molar-refractivity contribution is -0.141. The Morgan fingerprint density at radius 1 is 1.02 bits per heavy atom. The van der Waals surface area contributed by atoms with Crippen molar-refractivity contribution in [3.8, 4) is 0 Å². The molecular formula is C30H39F2N5O4. The first-order valence-corrected chi connectivity index (χ1v) is 14.2. The molecule has 0 radical (unpaired) electrons. The minimum Gasteiger partial charge on any atom is -0.480 e. The summed E-state index contributed by atoms with van der Waals surface area (Å²) in [5, 5.41) is 12.6. The Balaban J connectivity index is 0.00000111. The van der Waals surface area contributed by atoms with Crippen LogP contribution in [0.25, 0.3) is 11.0 Å². The summed E-state index contributed by atoms with van der Waals surface area (Å²) in [6, 6.07) is 5.04. The molecule has 2 unspecified atom stereocenters. The van der Waals surface area contributed by atoms with E-state index in [0.29, 0.717) is 68.1 Å². The summed E-state index contributed by atoms with van der Waals surface area (Å²) in [4.78, 5) is 37.9. The van der Waals surface area contributed by atoms with Crippen LogP contribution in [-0.2, 0) is 9.53 Å². The van der Waals surface area contributed by atoms with Crippen LogP contribution >= 0.6 is 0 Å². The molecule has 1 aromatic heterocycles. The lowest BCUT2D eigenvalue weighted by Crippen LogP contribution is -2.40. The molecule has 0 saturated carbocycles. The lowest BCUT2D eigenvalue weighted by Gasteiger charge is -2.28. The highest BCUT2D eigenvalue weighted by Gasteiger charge is 2.35. The molecule has 2 N–H and O–H groups in total. The molecule has 2 aliphatic heterocycles. The van der Waals surface area contributed by atoms with Crippen molar-refractivity contribution in [3.05, 3.63) is 59.3 Å². The number of carbonyl (C=O) groups excluding carboxylic acids is 1. The van der Waals surface area contributed by atoms with Crippen LogP contribution in [0.1, 0.15) is 69.4 Å². The fraction of sp³-hybridized carbons (Fsp3) is 0.467. The Morgan fingerprint density at radius 3 is 2.32 bits per heavy atom. The first-order chi connectivity index (χ1) is 19.8. The van der Waals surface area contributed by atoms with Crippen LogP contribution in [-0.4, -0.2) is 70.7 Å². The number of benzene rings is 2. The summed E-state index contributed by atoms with van der Waals surface area (Å²) < 4.78 is 33.1. The minimum absolute atomic E-state index is 0.234. The zero-order chi connectivity index (χ0) is 30.1. The largest absolute Gasteiger partial charge is 0.480 e. The van der Waals surface area contributed by atoms with E-state index in [0.717, 1.165) is 6.07 Å². The average Bonchev–Trinajstić information content (AvgIpc) is 3.48. The standard InChI is InChI=1S/C26H27F2N5O4.2C2H6/c1-15(30-19-12-17(27)11-18(28)13-19)20-9-16(25(34)33-4-2-3-22(33)26(35)36)10-21-24(20)31-23(14-29-21)32-5-7-37-8-6-32;2*1-2/h9-15,22,30H,2-8H2,1H3,(H,35,36);2*1-2H3. The number of fused-ring (bicyclic) bond motifs is 1. The first-order valence-electron chi connectivity index (χ1n) is 14.2. The van der Waals surface area contributed by atoms with Gasteiger partial charge in [0.15, 0.2) is 0 Å². The smallest absolute Gasteiger partial charge is 0.326 e. The minimum atomic E-state index is -1.04. The lowest BCUT2D eigenvalue weighted by atomic mass is 10.0. The summed E-state index contributed by atoms with van der Waals surface area (Å²) in [7, 11) is 0. The molecule has 0 spiro atoms. The number of hydrogen-bond acceptors (Lipinski definition) is 7. The molecule has 0 aliphatic carbocycles. The van der Waals surface area contributed by atoms with Gasteiger partial charge in [-0.25, -0.2) is 18.6 Å². The maximum atomic E-state index is 13.8. The normalized spacial score (nSPS) is 17.2. The van der Waals surface area contributed by atoms with Gasteiger partial charge in [-0.2, -0.15) is 0 Å². The number of aliphatic carboxylic acids is 1. The van der Waals surface area contributed by atoms with Gasteiger partial charge in [0.1, 0.15) is 23.5 Å². The number of anilines is 2. The van der Waals surface area contributed by atoms with E-state index in [1.54, 1.807) is 25.3 Å². The molecule has 9 nitrogen and oxygen atoms in total. The topological polar surface area (TPSA) is 108 Å². The quantitative estimate of drug-likeness (QED) is 0.390. The summed E-state index contributed by atoms with van der Waals surface area (Å²) >= 11 is 0. The Hall–Kier alpha value is -3.86. The molecule has 2 aromatic carbocycles. The van der Waals surface area contributed by atoms with Crippen LogP contribution in [0.5, 0.6) is 0 Å². The molecule has 222 valence electrons. The van der Waals surface area contributed by atoms with Crippen LogP contribution in [0, 0.1) is 11.6 Å². The fourth-order valence-corrected chi connectivity index (χ4v) is 4.93. The number of ether oxygens (including phenoxy) is 1. The fourth-order valence-electron chi connectivity index (χ4n) is 4.93. The number of carbonyl (C=O) groups is 2. The maximum absolute atomic E-state index is 13.8. The molecule has 2 fully saturated rings. The first kappa shape index (κ1) is 31.7. The number of morpholine rings is 1. The van der Waals surface area contributed by atoms with Gasteiger partial charge in [-0.1, -0.05) is 27.7 Å². The van der Waals surface area contributed by atoms with Crippen molar-refractivity contribution in [3.63, 3.8) is 0 Å². The van der Waals surface area contributed by atoms with E-state index in [9.17, 15) is 23.5 Å². The van der Waals surface area contributed by atoms with Gasteiger partial charge in [0.05, 0.1) is 36.5 Å². The van der Waals surface area contributed by atoms with Crippen LogP contribution in [0.4, 0.5) is 20.3 Å². The van der Waals surface area contributed by atoms with Crippen molar-refractivity contribution in [2.24, 2.45) is 0 Å². The maximum Gasteiger partial charge on any atom is 0.326 e. The number of carboxylic acid groups (broad SMARTS) is 1. The van der Waals surface area contributed by atoms with Gasteiger partial charge in [-0.05, 0) is 44.0 Å². The van der Waals surface area contributed by atoms with E-state index in [4.69, 9.17) is 9.72 Å². The molecule has 0 bridgehead atoms. The third-order valence-corrected chi connectivity index (χ3v) is 6.76. The highest BCUT2D eigenvalue weighted by Crippen LogP contribution is 2.30. The number of hydrogen-bond donors (Lipinski definition) is 2. The van der Waals surface area contributed by atoms with Crippen molar-refractivity contribution >= 4 is 34.4 Å². The number of carboxylic acids is 1. The Kier molecular flexibility index (Phi) is 11.3. The third kappa shape index (κ3) is 7.46. The second kappa shape index (κ2) is 14.7. The van der Waals surface area contributed by atoms with Crippen LogP contribution < -0.4 is 10.2 Å². The molecule has 2 atom stereocenters. The van der Waals surface area contributed by atoms with E-state index < -0.39 is 35.6 Å². The molecule has 3 aromatic rings. The second-order valence-electron chi connectivity index (χ2n) is 9.28. The summed E-state index contributed by atoms with van der Waals surface area (Å²) in [5.74, 6) is -2.22. The summed E-state index contributed by atoms with van der Waals surface area (Å²) in [6.07, 6.45) is 2.64. The van der Waals surface area contributed by atoms with Gasteiger partial charge in [0.2, 0.25) is 0 Å². The number of halogens is 2. The number of nitrogens with zero attached hydrogens (tertiary/aromatic N) is 4. The third-order valence-electron chi connectivity index (χ3n) is 6.76. The zero-order valence-corrected chi connectivity index (χ0v) is 24.3. The van der Waals surface area contributed by atoms with Gasteiger partial charge in [-0.3, -0.25) is 9.78 Å². The van der Waals surface area contributed by atoms with Crippen molar-refractivity contribution < 1.29 is 28.2 Å². The van der Waals surface area contributed by atoms with E-state index in [1.807, 2.05) is 27.7 Å². The molecule has 3 heterocycles. The number of nitrogens with one attached hydrogen (secondary N) is 1. The highest BCUT2D eigenvalue weighted by molar-refractivity contribution is 6.00. The molecule has 2 aliphatic rings. The predicted molar refractivity (Wildman–Crippen MR) is 155 cm³/mol. The Bertz CT molecular complexity index is 1330. The van der Waals surface area contributed by atoms with Gasteiger partial charge >= 0.3 is 5.97 Å². The number of amides is 1. The number of aromatic nitrogens is 2. The molecule has 5 rings (SSSR count). The Morgan fingerprint density at radius 2 is 1.68 bits per heavy atom. The van der Waals surface area contributed by atoms with Crippen molar-refractivity contribution in [2.45, 2.75) is 59.5 Å². The molecular weight excluding hydrogens is 532 g/mol. The zero-order valence-electron chi connectivity index (χ0n) is 24.3. The average molecular weight is 572 g/mol.